The first-order valence-electron chi connectivity index (χ1n) is 3.81. The lowest BCUT2D eigenvalue weighted by Gasteiger charge is -2.33. The molecule has 0 amide bonds. The Morgan fingerprint density at radius 2 is 1.70 bits per heavy atom. The number of nitrogens with zero attached hydrogens (tertiary/aromatic N) is 2. The minimum Gasteiger partial charge on any atom is -0.379 e. The second-order valence-corrected chi connectivity index (χ2v) is 2.97. The summed E-state index contributed by atoms with van der Waals surface area (Å²) in [5.41, 5.74) is 0. The van der Waals surface area contributed by atoms with Crippen LogP contribution in [0.5, 0.6) is 0 Å². The summed E-state index contributed by atoms with van der Waals surface area (Å²) in [7, 11) is 2.11. The second-order valence-electron chi connectivity index (χ2n) is 2.97. The number of likely N-dealkylation sites (N-methyl/N-ethyl adjacent to an activating group) is 1. The van der Waals surface area contributed by atoms with E-state index < -0.39 is 0 Å². The van der Waals surface area contributed by atoms with Gasteiger partial charge in [0, 0.05) is 26.2 Å². The summed E-state index contributed by atoms with van der Waals surface area (Å²) < 4.78 is 0. The summed E-state index contributed by atoms with van der Waals surface area (Å²) in [4.78, 5) is 4.36. The van der Waals surface area contributed by atoms with Crippen LogP contribution in [0, 0.1) is 0 Å². The molecule has 1 aliphatic rings. The number of aliphatic hydroxyl groups is 1. The van der Waals surface area contributed by atoms with Crippen molar-refractivity contribution in [1.82, 2.24) is 9.80 Å². The van der Waals surface area contributed by atoms with Crippen LogP contribution in [0.1, 0.15) is 6.92 Å². The van der Waals surface area contributed by atoms with Gasteiger partial charge in [0.1, 0.15) is 6.23 Å². The molecule has 0 aromatic rings. The zero-order valence-corrected chi connectivity index (χ0v) is 6.75. The first-order chi connectivity index (χ1) is 4.70. The summed E-state index contributed by atoms with van der Waals surface area (Å²) in [5.74, 6) is 0. The number of piperazine rings is 1. The zero-order valence-electron chi connectivity index (χ0n) is 6.75. The summed E-state index contributed by atoms with van der Waals surface area (Å²) in [6.07, 6.45) is -0.270. The molecule has 1 unspecified atom stereocenters. The van der Waals surface area contributed by atoms with Crippen molar-refractivity contribution in [3.63, 3.8) is 0 Å². The molecular weight excluding hydrogens is 128 g/mol. The topological polar surface area (TPSA) is 26.7 Å². The molecule has 0 aliphatic carbocycles. The summed E-state index contributed by atoms with van der Waals surface area (Å²) in [5, 5.41) is 9.17. The van der Waals surface area contributed by atoms with Gasteiger partial charge < -0.3 is 10.0 Å². The Bertz CT molecular complexity index is 97.8. The molecule has 1 heterocycles. The first kappa shape index (κ1) is 7.98. The fraction of sp³-hybridized carbons (Fsp3) is 1.00. The lowest BCUT2D eigenvalue weighted by atomic mass is 10.3. The van der Waals surface area contributed by atoms with Gasteiger partial charge in [0.05, 0.1) is 0 Å². The predicted molar refractivity (Wildman–Crippen MR) is 40.8 cm³/mol. The highest BCUT2D eigenvalue weighted by Gasteiger charge is 2.16. The molecule has 0 bridgehead atoms. The van der Waals surface area contributed by atoms with E-state index in [1.807, 2.05) is 6.92 Å². The molecule has 1 aliphatic heterocycles. The Kier molecular flexibility index (Phi) is 2.65. The van der Waals surface area contributed by atoms with Gasteiger partial charge in [0.15, 0.2) is 0 Å². The van der Waals surface area contributed by atoms with Crippen LogP contribution < -0.4 is 0 Å². The van der Waals surface area contributed by atoms with Gasteiger partial charge >= 0.3 is 0 Å². The van der Waals surface area contributed by atoms with E-state index in [0.717, 1.165) is 26.2 Å². The van der Waals surface area contributed by atoms with Gasteiger partial charge in [-0.25, -0.2) is 0 Å². The van der Waals surface area contributed by atoms with Gasteiger partial charge in [-0.1, -0.05) is 0 Å². The molecule has 1 rings (SSSR count). The fourth-order valence-electron chi connectivity index (χ4n) is 1.20. The fourth-order valence-corrected chi connectivity index (χ4v) is 1.20. The number of aliphatic hydroxyl groups excluding tert-OH is 1. The molecule has 0 radical (unpaired) electrons. The molecular formula is C7H16N2O. The van der Waals surface area contributed by atoms with Crippen molar-refractivity contribution in [2.45, 2.75) is 13.2 Å². The maximum absolute atomic E-state index is 9.17. The van der Waals surface area contributed by atoms with E-state index in [2.05, 4.69) is 16.8 Å². The number of rotatable bonds is 1. The molecule has 0 aromatic carbocycles. The second kappa shape index (κ2) is 3.32. The van der Waals surface area contributed by atoms with Gasteiger partial charge in [-0.15, -0.1) is 0 Å². The van der Waals surface area contributed by atoms with Crippen molar-refractivity contribution in [3.8, 4) is 0 Å². The maximum Gasteiger partial charge on any atom is 0.104 e. The standard InChI is InChI=1S/C7H16N2O/c1-7(10)9-5-3-8(2)4-6-9/h7,10H,3-6H2,1-2H3. The molecule has 3 heteroatoms. The van der Waals surface area contributed by atoms with Gasteiger partial charge in [-0.2, -0.15) is 0 Å². The predicted octanol–water partition coefficient (Wildman–Crippen LogP) is -0.428. The van der Waals surface area contributed by atoms with E-state index in [1.54, 1.807) is 0 Å². The quantitative estimate of drug-likeness (QED) is 0.541. The van der Waals surface area contributed by atoms with Gasteiger partial charge in [0.2, 0.25) is 0 Å². The molecule has 10 heavy (non-hydrogen) atoms. The van der Waals surface area contributed by atoms with Crippen molar-refractivity contribution >= 4 is 0 Å². The van der Waals surface area contributed by atoms with Crippen molar-refractivity contribution in [2.75, 3.05) is 33.2 Å². The van der Waals surface area contributed by atoms with Crippen LogP contribution in [0.15, 0.2) is 0 Å². The highest BCUT2D eigenvalue weighted by Crippen LogP contribution is 2.01. The van der Waals surface area contributed by atoms with Crippen LogP contribution in [-0.4, -0.2) is 54.4 Å². The minimum atomic E-state index is -0.270. The normalized spacial score (nSPS) is 26.7. The Morgan fingerprint density at radius 3 is 2.10 bits per heavy atom. The van der Waals surface area contributed by atoms with Crippen LogP contribution >= 0.6 is 0 Å². The van der Waals surface area contributed by atoms with Crippen molar-refractivity contribution in [2.24, 2.45) is 0 Å². The van der Waals surface area contributed by atoms with Gasteiger partial charge in [-0.3, -0.25) is 4.90 Å². The largest absolute Gasteiger partial charge is 0.379 e. The van der Waals surface area contributed by atoms with E-state index >= 15 is 0 Å². The minimum absolute atomic E-state index is 0.270. The summed E-state index contributed by atoms with van der Waals surface area (Å²) in [6.45, 7) is 5.96. The van der Waals surface area contributed by atoms with Gasteiger partial charge in [-0.05, 0) is 14.0 Å². The third kappa shape index (κ3) is 1.94. The van der Waals surface area contributed by atoms with Gasteiger partial charge in [0.25, 0.3) is 0 Å². The molecule has 3 nitrogen and oxygen atoms in total. The van der Waals surface area contributed by atoms with Crippen molar-refractivity contribution in [1.29, 1.82) is 0 Å². The van der Waals surface area contributed by atoms with Crippen molar-refractivity contribution in [3.05, 3.63) is 0 Å². The average molecular weight is 144 g/mol. The third-order valence-corrected chi connectivity index (χ3v) is 2.07. The molecule has 1 fully saturated rings. The first-order valence-corrected chi connectivity index (χ1v) is 3.81. The number of hydrogen-bond acceptors (Lipinski definition) is 3. The highest BCUT2D eigenvalue weighted by molar-refractivity contribution is 4.68. The Morgan fingerprint density at radius 1 is 1.20 bits per heavy atom. The zero-order chi connectivity index (χ0) is 7.56. The number of hydrogen-bond donors (Lipinski definition) is 1. The van der Waals surface area contributed by atoms with E-state index in [-0.39, 0.29) is 6.23 Å². The average Bonchev–Trinajstić information content (AvgIpc) is 1.88. The van der Waals surface area contributed by atoms with E-state index in [4.69, 9.17) is 0 Å². The van der Waals surface area contributed by atoms with Crippen LogP contribution in [-0.2, 0) is 0 Å². The third-order valence-electron chi connectivity index (χ3n) is 2.07. The monoisotopic (exact) mass is 144 g/mol. The molecule has 0 saturated carbocycles. The molecule has 0 spiro atoms. The summed E-state index contributed by atoms with van der Waals surface area (Å²) in [6, 6.07) is 0. The van der Waals surface area contributed by atoms with Crippen LogP contribution in [0.2, 0.25) is 0 Å². The van der Waals surface area contributed by atoms with Crippen LogP contribution in [0.3, 0.4) is 0 Å². The van der Waals surface area contributed by atoms with Crippen LogP contribution in [0.25, 0.3) is 0 Å². The smallest absolute Gasteiger partial charge is 0.104 e. The maximum atomic E-state index is 9.17. The molecule has 1 saturated heterocycles. The molecule has 60 valence electrons. The molecule has 1 atom stereocenters. The van der Waals surface area contributed by atoms with E-state index in [9.17, 15) is 5.11 Å². The Hall–Kier alpha value is -0.120. The summed E-state index contributed by atoms with van der Waals surface area (Å²) >= 11 is 0. The Labute approximate surface area is 62.2 Å². The van der Waals surface area contributed by atoms with E-state index in [1.165, 1.54) is 0 Å². The lowest BCUT2D eigenvalue weighted by Crippen LogP contribution is -2.47. The highest BCUT2D eigenvalue weighted by atomic mass is 16.3. The molecule has 0 aromatic heterocycles. The van der Waals surface area contributed by atoms with E-state index in [0.29, 0.717) is 0 Å². The lowest BCUT2D eigenvalue weighted by molar-refractivity contribution is -0.00814. The van der Waals surface area contributed by atoms with Crippen molar-refractivity contribution < 1.29 is 5.11 Å². The Balaban J connectivity index is 2.26. The molecule has 1 N–H and O–H groups in total. The van der Waals surface area contributed by atoms with Crippen LogP contribution in [0.4, 0.5) is 0 Å². The SMILES string of the molecule is CC(O)N1CCN(C)CC1.